The van der Waals surface area contributed by atoms with Crippen LogP contribution in [0, 0.1) is 5.92 Å². The third-order valence-electron chi connectivity index (χ3n) is 7.08. The van der Waals surface area contributed by atoms with Gasteiger partial charge in [-0.15, -0.1) is 0 Å². The SMILES string of the molecule is CCC(C1CCC(c2cnc3[nH]cc(-c4cn[nH]c4)c3c2)CC1)N1CCOCC1. The first-order chi connectivity index (χ1) is 14.3. The van der Waals surface area contributed by atoms with Gasteiger partial charge in [-0.25, -0.2) is 4.98 Å². The Balaban J connectivity index is 1.30. The third-order valence-corrected chi connectivity index (χ3v) is 7.08. The number of aromatic amines is 2. The summed E-state index contributed by atoms with van der Waals surface area (Å²) < 4.78 is 5.56. The number of nitrogens with one attached hydrogen (secondary N) is 2. The first kappa shape index (κ1) is 18.8. The van der Waals surface area contributed by atoms with E-state index in [-0.39, 0.29) is 0 Å². The van der Waals surface area contributed by atoms with Crippen LogP contribution in [0.15, 0.2) is 30.9 Å². The highest BCUT2D eigenvalue weighted by Crippen LogP contribution is 2.40. The molecule has 154 valence electrons. The van der Waals surface area contributed by atoms with Crippen LogP contribution in [0.2, 0.25) is 0 Å². The van der Waals surface area contributed by atoms with Crippen molar-refractivity contribution in [2.24, 2.45) is 5.92 Å². The van der Waals surface area contributed by atoms with E-state index in [0.717, 1.165) is 49.5 Å². The fraction of sp³-hybridized carbons (Fsp3) is 0.565. The first-order valence-electron chi connectivity index (χ1n) is 11.1. The number of rotatable bonds is 5. The van der Waals surface area contributed by atoms with Crippen molar-refractivity contribution < 1.29 is 4.74 Å². The Morgan fingerprint density at radius 3 is 2.69 bits per heavy atom. The van der Waals surface area contributed by atoms with Crippen LogP contribution < -0.4 is 0 Å². The Bertz CT molecular complexity index is 920. The lowest BCUT2D eigenvalue weighted by molar-refractivity contribution is -0.00401. The Hall–Kier alpha value is -2.18. The second kappa shape index (κ2) is 8.28. The molecular formula is C23H31N5O. The van der Waals surface area contributed by atoms with E-state index in [0.29, 0.717) is 5.92 Å². The number of aromatic nitrogens is 4. The number of ether oxygens (including phenoxy) is 1. The summed E-state index contributed by atoms with van der Waals surface area (Å²) in [5.41, 5.74) is 4.63. The van der Waals surface area contributed by atoms with Crippen LogP contribution in [-0.2, 0) is 4.74 Å². The molecule has 2 aliphatic rings. The molecular weight excluding hydrogens is 362 g/mol. The van der Waals surface area contributed by atoms with Gasteiger partial charge in [0.15, 0.2) is 0 Å². The highest BCUT2D eigenvalue weighted by molar-refractivity contribution is 5.93. The van der Waals surface area contributed by atoms with E-state index in [9.17, 15) is 0 Å². The molecule has 0 bridgehead atoms. The van der Waals surface area contributed by atoms with Gasteiger partial charge in [-0.05, 0) is 55.6 Å². The van der Waals surface area contributed by atoms with Crippen LogP contribution in [0.4, 0.5) is 0 Å². The lowest BCUT2D eigenvalue weighted by atomic mass is 9.75. The Morgan fingerprint density at radius 1 is 1.14 bits per heavy atom. The van der Waals surface area contributed by atoms with Crippen molar-refractivity contribution in [2.45, 2.75) is 51.0 Å². The zero-order valence-electron chi connectivity index (χ0n) is 17.2. The molecule has 5 rings (SSSR count). The van der Waals surface area contributed by atoms with Gasteiger partial charge in [0, 0.05) is 54.2 Å². The summed E-state index contributed by atoms with van der Waals surface area (Å²) in [5, 5.41) is 8.21. The molecule has 1 atom stereocenters. The van der Waals surface area contributed by atoms with Crippen molar-refractivity contribution in [3.05, 3.63) is 36.4 Å². The molecule has 6 heteroatoms. The second-order valence-electron chi connectivity index (χ2n) is 8.59. The van der Waals surface area contributed by atoms with E-state index in [1.807, 2.05) is 18.6 Å². The fourth-order valence-electron chi connectivity index (χ4n) is 5.52. The van der Waals surface area contributed by atoms with Crippen molar-refractivity contribution in [2.75, 3.05) is 26.3 Å². The summed E-state index contributed by atoms with van der Waals surface area (Å²) in [4.78, 5) is 10.7. The maximum atomic E-state index is 5.56. The largest absolute Gasteiger partial charge is 0.379 e. The summed E-state index contributed by atoms with van der Waals surface area (Å²) in [6.07, 6.45) is 14.4. The van der Waals surface area contributed by atoms with Gasteiger partial charge in [0.05, 0.1) is 19.4 Å². The fourth-order valence-corrected chi connectivity index (χ4v) is 5.52. The van der Waals surface area contributed by atoms with Gasteiger partial charge < -0.3 is 9.72 Å². The quantitative estimate of drug-likeness (QED) is 0.677. The molecule has 2 fully saturated rings. The molecule has 0 radical (unpaired) electrons. The van der Waals surface area contributed by atoms with Crippen molar-refractivity contribution in [3.63, 3.8) is 0 Å². The van der Waals surface area contributed by atoms with Crippen LogP contribution in [0.3, 0.4) is 0 Å². The van der Waals surface area contributed by atoms with Crippen LogP contribution in [-0.4, -0.2) is 57.4 Å². The number of pyridine rings is 1. The van der Waals surface area contributed by atoms with E-state index in [1.54, 1.807) is 0 Å². The summed E-state index contributed by atoms with van der Waals surface area (Å²) in [5.74, 6) is 1.44. The normalized spacial score (nSPS) is 24.7. The number of nitrogens with zero attached hydrogens (tertiary/aromatic N) is 3. The van der Waals surface area contributed by atoms with E-state index >= 15 is 0 Å². The number of morpholine rings is 1. The molecule has 3 aromatic rings. The van der Waals surface area contributed by atoms with Crippen molar-refractivity contribution in [3.8, 4) is 11.1 Å². The Morgan fingerprint density at radius 2 is 1.97 bits per heavy atom. The molecule has 1 aliphatic heterocycles. The third kappa shape index (κ3) is 3.71. The predicted octanol–water partition coefficient (Wildman–Crippen LogP) is 4.34. The van der Waals surface area contributed by atoms with E-state index in [4.69, 9.17) is 9.72 Å². The number of H-pyrrole nitrogens is 2. The summed E-state index contributed by atoms with van der Waals surface area (Å²) in [7, 11) is 0. The zero-order valence-corrected chi connectivity index (χ0v) is 17.2. The molecule has 0 spiro atoms. The maximum Gasteiger partial charge on any atom is 0.137 e. The van der Waals surface area contributed by atoms with Gasteiger partial charge in [-0.1, -0.05) is 6.92 Å². The molecule has 1 saturated heterocycles. The lowest BCUT2D eigenvalue weighted by Crippen LogP contribution is -2.47. The van der Waals surface area contributed by atoms with Crippen LogP contribution >= 0.6 is 0 Å². The smallest absolute Gasteiger partial charge is 0.137 e. The van der Waals surface area contributed by atoms with Crippen LogP contribution in [0.1, 0.15) is 50.5 Å². The van der Waals surface area contributed by atoms with Gasteiger partial charge in [0.25, 0.3) is 0 Å². The molecule has 1 aliphatic carbocycles. The Labute approximate surface area is 172 Å². The first-order valence-corrected chi connectivity index (χ1v) is 11.1. The molecule has 29 heavy (non-hydrogen) atoms. The molecule has 0 aromatic carbocycles. The van der Waals surface area contributed by atoms with Crippen LogP contribution in [0.25, 0.3) is 22.2 Å². The summed E-state index contributed by atoms with van der Waals surface area (Å²) >= 11 is 0. The molecule has 2 N–H and O–H groups in total. The number of hydrogen-bond acceptors (Lipinski definition) is 4. The highest BCUT2D eigenvalue weighted by Gasteiger charge is 2.31. The average molecular weight is 394 g/mol. The molecule has 0 amide bonds. The topological polar surface area (TPSA) is 69.8 Å². The second-order valence-corrected chi connectivity index (χ2v) is 8.59. The zero-order chi connectivity index (χ0) is 19.6. The van der Waals surface area contributed by atoms with Gasteiger partial charge >= 0.3 is 0 Å². The molecule has 4 heterocycles. The molecule has 3 aromatic heterocycles. The summed E-state index contributed by atoms with van der Waals surface area (Å²) in [6, 6.07) is 3.07. The number of hydrogen-bond donors (Lipinski definition) is 2. The molecule has 1 saturated carbocycles. The standard InChI is InChI=1S/C23H31N5O/c1-2-22(28-7-9-29-10-8-28)17-5-3-16(4-6-17)18-11-20-21(19-13-26-27-14-19)15-25-23(20)24-12-18/h11-17,22H,2-10H2,1H3,(H,24,25)(H,26,27). The van der Waals surface area contributed by atoms with Crippen LogP contribution in [0.5, 0.6) is 0 Å². The number of fused-ring (bicyclic) bond motifs is 1. The van der Waals surface area contributed by atoms with Gasteiger partial charge in [-0.3, -0.25) is 10.00 Å². The minimum Gasteiger partial charge on any atom is -0.379 e. The van der Waals surface area contributed by atoms with Crippen molar-refractivity contribution >= 4 is 11.0 Å². The minimum atomic E-state index is 0.623. The molecule has 6 nitrogen and oxygen atoms in total. The monoisotopic (exact) mass is 393 g/mol. The van der Waals surface area contributed by atoms with Crippen molar-refractivity contribution in [1.82, 2.24) is 25.1 Å². The predicted molar refractivity (Wildman–Crippen MR) is 115 cm³/mol. The highest BCUT2D eigenvalue weighted by atomic mass is 16.5. The Kier molecular flexibility index (Phi) is 5.38. The average Bonchev–Trinajstić information content (AvgIpc) is 3.45. The van der Waals surface area contributed by atoms with Gasteiger partial charge in [0.2, 0.25) is 0 Å². The minimum absolute atomic E-state index is 0.623. The van der Waals surface area contributed by atoms with E-state index < -0.39 is 0 Å². The molecule has 1 unspecified atom stereocenters. The van der Waals surface area contributed by atoms with E-state index in [2.05, 4.69) is 39.3 Å². The summed E-state index contributed by atoms with van der Waals surface area (Å²) in [6.45, 7) is 6.35. The lowest BCUT2D eigenvalue weighted by Gasteiger charge is -2.41. The maximum absolute atomic E-state index is 5.56. The van der Waals surface area contributed by atoms with Gasteiger partial charge in [-0.2, -0.15) is 5.10 Å². The van der Waals surface area contributed by atoms with Crippen molar-refractivity contribution in [1.29, 1.82) is 0 Å². The van der Waals surface area contributed by atoms with Gasteiger partial charge in [0.1, 0.15) is 5.65 Å². The van der Waals surface area contributed by atoms with E-state index in [1.165, 1.54) is 48.6 Å².